The van der Waals surface area contributed by atoms with Crippen LogP contribution in [0.4, 0.5) is 0 Å². The standard InChI is InChI=1S/C16H27BrN2/c1-5-12(6-2)18-14-10-9-11-15(16(14)17)19-13(7-3)8-4/h9-10,12-13,16H,5-8,11H2,1-4H3. The van der Waals surface area contributed by atoms with Crippen LogP contribution >= 0.6 is 15.9 Å². The van der Waals surface area contributed by atoms with Crippen molar-refractivity contribution in [3.05, 3.63) is 12.2 Å². The quantitative estimate of drug-likeness (QED) is 0.616. The van der Waals surface area contributed by atoms with Crippen molar-refractivity contribution in [2.24, 2.45) is 9.98 Å². The van der Waals surface area contributed by atoms with Gasteiger partial charge in [-0.25, -0.2) is 0 Å². The van der Waals surface area contributed by atoms with Crippen LogP contribution in [0.5, 0.6) is 0 Å². The third kappa shape index (κ3) is 4.87. The predicted octanol–water partition coefficient (Wildman–Crippen LogP) is 4.97. The minimum absolute atomic E-state index is 0.207. The highest BCUT2D eigenvalue weighted by Crippen LogP contribution is 2.19. The van der Waals surface area contributed by atoms with Crippen molar-refractivity contribution >= 4 is 27.4 Å². The molecule has 0 aliphatic heterocycles. The van der Waals surface area contributed by atoms with Gasteiger partial charge in [0.25, 0.3) is 0 Å². The van der Waals surface area contributed by atoms with Crippen molar-refractivity contribution in [1.82, 2.24) is 0 Å². The Morgan fingerprint density at radius 1 is 1.05 bits per heavy atom. The molecule has 0 N–H and O–H groups in total. The number of aliphatic imine (C=N–C) groups is 2. The molecule has 0 saturated carbocycles. The van der Waals surface area contributed by atoms with Gasteiger partial charge in [0.15, 0.2) is 0 Å². The van der Waals surface area contributed by atoms with E-state index in [-0.39, 0.29) is 4.83 Å². The Bertz CT molecular complexity index is 350. The fourth-order valence-corrected chi connectivity index (χ4v) is 2.85. The van der Waals surface area contributed by atoms with Crippen LogP contribution in [0.3, 0.4) is 0 Å². The van der Waals surface area contributed by atoms with E-state index >= 15 is 0 Å². The van der Waals surface area contributed by atoms with Gasteiger partial charge in [0, 0.05) is 24.2 Å². The highest BCUT2D eigenvalue weighted by molar-refractivity contribution is 9.10. The van der Waals surface area contributed by atoms with Crippen LogP contribution in [0.2, 0.25) is 0 Å². The van der Waals surface area contributed by atoms with E-state index in [4.69, 9.17) is 9.98 Å². The summed E-state index contributed by atoms with van der Waals surface area (Å²) in [6, 6.07) is 0.892. The number of halogens is 1. The Morgan fingerprint density at radius 3 is 2.11 bits per heavy atom. The Labute approximate surface area is 126 Å². The molecule has 0 aromatic rings. The molecule has 0 amide bonds. The molecule has 1 aliphatic rings. The molecule has 19 heavy (non-hydrogen) atoms. The molecule has 0 spiro atoms. The van der Waals surface area contributed by atoms with Crippen LogP contribution in [-0.2, 0) is 0 Å². The van der Waals surface area contributed by atoms with E-state index in [2.05, 4.69) is 55.8 Å². The predicted molar refractivity (Wildman–Crippen MR) is 90.1 cm³/mol. The summed E-state index contributed by atoms with van der Waals surface area (Å²) >= 11 is 3.78. The highest BCUT2D eigenvalue weighted by atomic mass is 79.9. The van der Waals surface area contributed by atoms with Crippen molar-refractivity contribution in [1.29, 1.82) is 0 Å². The van der Waals surface area contributed by atoms with Gasteiger partial charge in [-0.3, -0.25) is 9.98 Å². The molecule has 0 aromatic heterocycles. The molecule has 1 aliphatic carbocycles. The Balaban J connectivity index is 2.89. The third-order valence-electron chi connectivity index (χ3n) is 3.73. The van der Waals surface area contributed by atoms with E-state index in [9.17, 15) is 0 Å². The maximum absolute atomic E-state index is 4.90. The van der Waals surface area contributed by atoms with E-state index in [1.807, 2.05) is 0 Å². The summed E-state index contributed by atoms with van der Waals surface area (Å²) in [5.74, 6) is 0. The first-order valence-electron chi connectivity index (χ1n) is 7.60. The van der Waals surface area contributed by atoms with Gasteiger partial charge < -0.3 is 0 Å². The Kier molecular flexibility index (Phi) is 7.59. The van der Waals surface area contributed by atoms with Gasteiger partial charge in [0.2, 0.25) is 0 Å². The molecule has 0 aromatic carbocycles. The summed E-state index contributed by atoms with van der Waals surface area (Å²) in [6.45, 7) is 8.82. The van der Waals surface area contributed by atoms with E-state index in [1.54, 1.807) is 0 Å². The van der Waals surface area contributed by atoms with Gasteiger partial charge in [-0.15, -0.1) is 0 Å². The molecule has 0 radical (unpaired) electrons. The van der Waals surface area contributed by atoms with Gasteiger partial charge >= 0.3 is 0 Å². The van der Waals surface area contributed by atoms with Crippen molar-refractivity contribution in [2.75, 3.05) is 0 Å². The zero-order valence-electron chi connectivity index (χ0n) is 12.7. The van der Waals surface area contributed by atoms with Gasteiger partial charge in [-0.1, -0.05) is 49.7 Å². The minimum Gasteiger partial charge on any atom is -0.289 e. The number of hydrogen-bond donors (Lipinski definition) is 0. The highest BCUT2D eigenvalue weighted by Gasteiger charge is 2.21. The summed E-state index contributed by atoms with van der Waals surface area (Å²) in [4.78, 5) is 9.97. The second-order valence-electron chi connectivity index (χ2n) is 5.08. The Morgan fingerprint density at radius 2 is 1.58 bits per heavy atom. The summed E-state index contributed by atoms with van der Waals surface area (Å²) < 4.78 is 0. The van der Waals surface area contributed by atoms with Crippen LogP contribution in [0.1, 0.15) is 59.8 Å². The molecule has 108 valence electrons. The molecule has 0 saturated heterocycles. The van der Waals surface area contributed by atoms with Crippen molar-refractivity contribution in [3.63, 3.8) is 0 Å². The lowest BCUT2D eigenvalue weighted by Crippen LogP contribution is -2.28. The summed E-state index contributed by atoms with van der Waals surface area (Å²) in [5, 5.41) is 0. The van der Waals surface area contributed by atoms with E-state index in [0.29, 0.717) is 12.1 Å². The zero-order valence-corrected chi connectivity index (χ0v) is 14.3. The maximum atomic E-state index is 4.90. The van der Waals surface area contributed by atoms with Gasteiger partial charge in [0.05, 0.1) is 10.5 Å². The van der Waals surface area contributed by atoms with Crippen LogP contribution < -0.4 is 0 Å². The number of nitrogens with zero attached hydrogens (tertiary/aromatic N) is 2. The first-order chi connectivity index (χ1) is 9.15. The SMILES string of the molecule is CCC(CC)N=C1C=CCC(=NC(CC)CC)C1Br. The summed E-state index contributed by atoms with van der Waals surface area (Å²) in [5.41, 5.74) is 2.38. The second kappa shape index (κ2) is 8.68. The lowest BCUT2D eigenvalue weighted by atomic mass is 10.0. The average molecular weight is 327 g/mol. The van der Waals surface area contributed by atoms with E-state index < -0.39 is 0 Å². The molecule has 1 atom stereocenters. The number of hydrogen-bond acceptors (Lipinski definition) is 2. The average Bonchev–Trinajstić information content (AvgIpc) is 2.45. The lowest BCUT2D eigenvalue weighted by molar-refractivity contribution is 0.627. The first-order valence-corrected chi connectivity index (χ1v) is 8.52. The Hall–Kier alpha value is -0.440. The van der Waals surface area contributed by atoms with Crippen LogP contribution in [0.15, 0.2) is 22.1 Å². The molecule has 0 fully saturated rings. The molecule has 1 unspecified atom stereocenters. The van der Waals surface area contributed by atoms with Crippen LogP contribution in [-0.4, -0.2) is 28.3 Å². The summed E-state index contributed by atoms with van der Waals surface area (Å²) in [7, 11) is 0. The fourth-order valence-electron chi connectivity index (χ4n) is 2.27. The third-order valence-corrected chi connectivity index (χ3v) is 4.73. The lowest BCUT2D eigenvalue weighted by Gasteiger charge is -2.21. The van der Waals surface area contributed by atoms with Gasteiger partial charge in [0.1, 0.15) is 0 Å². The van der Waals surface area contributed by atoms with Crippen LogP contribution in [0, 0.1) is 0 Å². The number of allylic oxidation sites excluding steroid dienone is 2. The second-order valence-corrected chi connectivity index (χ2v) is 6.00. The van der Waals surface area contributed by atoms with Gasteiger partial charge in [-0.2, -0.15) is 0 Å². The summed E-state index contributed by atoms with van der Waals surface area (Å²) in [6.07, 6.45) is 9.74. The molecular weight excluding hydrogens is 300 g/mol. The fraction of sp³-hybridized carbons (Fsp3) is 0.750. The number of rotatable bonds is 6. The maximum Gasteiger partial charge on any atom is 0.0943 e. The molecule has 3 heteroatoms. The topological polar surface area (TPSA) is 24.7 Å². The normalized spacial score (nSPS) is 24.1. The smallest absolute Gasteiger partial charge is 0.0943 e. The molecule has 1 rings (SSSR count). The van der Waals surface area contributed by atoms with Crippen LogP contribution in [0.25, 0.3) is 0 Å². The van der Waals surface area contributed by atoms with E-state index in [0.717, 1.165) is 37.8 Å². The first kappa shape index (κ1) is 16.6. The van der Waals surface area contributed by atoms with Crippen molar-refractivity contribution in [3.8, 4) is 0 Å². The molecule has 0 bridgehead atoms. The van der Waals surface area contributed by atoms with Crippen molar-refractivity contribution in [2.45, 2.75) is 76.7 Å². The monoisotopic (exact) mass is 326 g/mol. The minimum atomic E-state index is 0.207. The number of alkyl halides is 1. The molecule has 2 nitrogen and oxygen atoms in total. The molecule has 0 heterocycles. The zero-order chi connectivity index (χ0) is 14.3. The molecular formula is C16H27BrN2. The van der Waals surface area contributed by atoms with Crippen molar-refractivity contribution < 1.29 is 0 Å². The van der Waals surface area contributed by atoms with E-state index in [1.165, 1.54) is 5.71 Å². The van der Waals surface area contributed by atoms with Gasteiger partial charge in [-0.05, 0) is 31.8 Å². The largest absolute Gasteiger partial charge is 0.289 e.